The van der Waals surface area contributed by atoms with Crippen molar-refractivity contribution in [3.8, 4) is 0 Å². The van der Waals surface area contributed by atoms with Gasteiger partial charge in [-0.1, -0.05) is 43.7 Å². The van der Waals surface area contributed by atoms with Crippen LogP contribution in [0.25, 0.3) is 0 Å². The minimum atomic E-state index is -0.856. The van der Waals surface area contributed by atoms with Gasteiger partial charge in [0.05, 0.1) is 13.0 Å². The number of benzene rings is 1. The van der Waals surface area contributed by atoms with E-state index in [1.807, 2.05) is 30.3 Å². The number of aliphatic carboxylic acids is 1. The first-order valence-corrected chi connectivity index (χ1v) is 8.36. The lowest BCUT2D eigenvalue weighted by molar-refractivity contribution is -0.138. The number of rotatable bonds is 12. The fourth-order valence-electron chi connectivity index (χ4n) is 2.14. The molecular formula is C18H27NO5. The van der Waals surface area contributed by atoms with E-state index in [-0.39, 0.29) is 18.9 Å². The predicted octanol–water partition coefficient (Wildman–Crippen LogP) is 3.21. The molecule has 0 aromatic heterocycles. The molecule has 0 spiro atoms. The summed E-state index contributed by atoms with van der Waals surface area (Å²) in [6, 6.07) is 9.42. The molecule has 0 aliphatic heterocycles. The van der Waals surface area contributed by atoms with Gasteiger partial charge in [-0.05, 0) is 24.3 Å². The molecular weight excluding hydrogens is 310 g/mol. The van der Waals surface area contributed by atoms with Gasteiger partial charge in [0.15, 0.2) is 0 Å². The second-order valence-corrected chi connectivity index (χ2v) is 5.67. The average Bonchev–Trinajstić information content (AvgIpc) is 2.57. The zero-order valence-electron chi connectivity index (χ0n) is 14.2. The Bertz CT molecular complexity index is 478. The van der Waals surface area contributed by atoms with Crippen LogP contribution in [0.15, 0.2) is 30.3 Å². The quantitative estimate of drug-likeness (QED) is 0.572. The average molecular weight is 337 g/mol. The summed E-state index contributed by atoms with van der Waals surface area (Å²) in [7, 11) is 0. The molecule has 6 nitrogen and oxygen atoms in total. The lowest BCUT2D eigenvalue weighted by atomic mass is 10.0. The van der Waals surface area contributed by atoms with Gasteiger partial charge in [0.1, 0.15) is 6.61 Å². The topological polar surface area (TPSA) is 84.9 Å². The largest absolute Gasteiger partial charge is 0.481 e. The molecule has 1 amide bonds. The van der Waals surface area contributed by atoms with Crippen molar-refractivity contribution in [2.45, 2.75) is 39.2 Å². The van der Waals surface area contributed by atoms with Gasteiger partial charge in [-0.25, -0.2) is 4.79 Å². The van der Waals surface area contributed by atoms with E-state index in [0.717, 1.165) is 18.4 Å². The van der Waals surface area contributed by atoms with E-state index in [4.69, 9.17) is 14.6 Å². The van der Waals surface area contributed by atoms with Crippen LogP contribution in [-0.4, -0.2) is 36.9 Å². The molecule has 134 valence electrons. The van der Waals surface area contributed by atoms with Gasteiger partial charge in [0.25, 0.3) is 0 Å². The smallest absolute Gasteiger partial charge is 0.407 e. The summed E-state index contributed by atoms with van der Waals surface area (Å²) in [5.41, 5.74) is 0.917. The Morgan fingerprint density at radius 2 is 2.00 bits per heavy atom. The van der Waals surface area contributed by atoms with E-state index in [9.17, 15) is 9.59 Å². The van der Waals surface area contributed by atoms with Crippen molar-refractivity contribution in [2.24, 2.45) is 5.92 Å². The zero-order chi connectivity index (χ0) is 17.6. The van der Waals surface area contributed by atoms with Crippen LogP contribution in [-0.2, 0) is 20.9 Å². The third kappa shape index (κ3) is 9.84. The number of alkyl carbamates (subject to hydrolysis) is 1. The Kier molecular flexibility index (Phi) is 10.3. The number of carboxylic acids is 1. The monoisotopic (exact) mass is 337 g/mol. The highest BCUT2D eigenvalue weighted by atomic mass is 16.5. The van der Waals surface area contributed by atoms with Crippen molar-refractivity contribution in [1.29, 1.82) is 0 Å². The molecule has 0 fully saturated rings. The molecule has 0 saturated carbocycles. The minimum Gasteiger partial charge on any atom is -0.481 e. The number of hydrogen-bond donors (Lipinski definition) is 2. The first-order valence-electron chi connectivity index (χ1n) is 8.36. The highest BCUT2D eigenvalue weighted by Crippen LogP contribution is 2.09. The van der Waals surface area contributed by atoms with E-state index < -0.39 is 12.1 Å². The van der Waals surface area contributed by atoms with Gasteiger partial charge < -0.3 is 19.9 Å². The van der Waals surface area contributed by atoms with Crippen molar-refractivity contribution < 1.29 is 24.2 Å². The van der Waals surface area contributed by atoms with E-state index in [1.54, 1.807) is 0 Å². The summed E-state index contributed by atoms with van der Waals surface area (Å²) in [5, 5.41) is 11.6. The van der Waals surface area contributed by atoms with Crippen LogP contribution in [0.1, 0.15) is 38.2 Å². The minimum absolute atomic E-state index is 0.0346. The molecule has 1 aromatic carbocycles. The zero-order valence-corrected chi connectivity index (χ0v) is 14.2. The fourth-order valence-corrected chi connectivity index (χ4v) is 2.14. The maximum absolute atomic E-state index is 11.6. The lowest BCUT2D eigenvalue weighted by Crippen LogP contribution is -2.28. The van der Waals surface area contributed by atoms with E-state index in [2.05, 4.69) is 12.2 Å². The summed E-state index contributed by atoms with van der Waals surface area (Å²) in [6.07, 6.45) is 2.08. The molecule has 0 aliphatic rings. The standard InChI is InChI=1S/C18H27NO5/c1-2-3-11-23-13-16(12-17(20)21)9-10-19-18(22)24-14-15-7-5-4-6-8-15/h4-8,16H,2-3,9-14H2,1H3,(H,19,22)(H,20,21)/t16-/m0/s1. The maximum atomic E-state index is 11.6. The number of amides is 1. The van der Waals surface area contributed by atoms with Crippen LogP contribution in [0.3, 0.4) is 0 Å². The number of ether oxygens (including phenoxy) is 2. The van der Waals surface area contributed by atoms with Gasteiger partial charge in [0.2, 0.25) is 0 Å². The van der Waals surface area contributed by atoms with Crippen molar-refractivity contribution in [1.82, 2.24) is 5.32 Å². The van der Waals surface area contributed by atoms with Crippen LogP contribution >= 0.6 is 0 Å². The number of carboxylic acid groups (broad SMARTS) is 1. The SMILES string of the molecule is CCCCOC[C@@H](CCNC(=O)OCc1ccccc1)CC(=O)O. The molecule has 1 aromatic rings. The molecule has 1 rings (SSSR count). The third-order valence-corrected chi connectivity index (χ3v) is 3.49. The van der Waals surface area contributed by atoms with Crippen molar-refractivity contribution in [3.05, 3.63) is 35.9 Å². The number of carbonyl (C=O) groups excluding carboxylic acids is 1. The molecule has 24 heavy (non-hydrogen) atoms. The number of hydrogen-bond acceptors (Lipinski definition) is 4. The van der Waals surface area contributed by atoms with Crippen LogP contribution in [0.5, 0.6) is 0 Å². The second-order valence-electron chi connectivity index (χ2n) is 5.67. The predicted molar refractivity (Wildman–Crippen MR) is 90.7 cm³/mol. The lowest BCUT2D eigenvalue weighted by Gasteiger charge is -2.15. The van der Waals surface area contributed by atoms with Crippen LogP contribution in [0.4, 0.5) is 4.79 Å². The van der Waals surface area contributed by atoms with Gasteiger partial charge in [-0.15, -0.1) is 0 Å². The molecule has 6 heteroatoms. The Morgan fingerprint density at radius 3 is 2.67 bits per heavy atom. The number of nitrogens with one attached hydrogen (secondary N) is 1. The highest BCUT2D eigenvalue weighted by molar-refractivity contribution is 5.67. The molecule has 0 saturated heterocycles. The molecule has 0 bridgehead atoms. The van der Waals surface area contributed by atoms with Crippen LogP contribution in [0, 0.1) is 5.92 Å². The normalized spacial score (nSPS) is 11.7. The first kappa shape index (κ1) is 20.0. The van der Waals surface area contributed by atoms with Gasteiger partial charge in [0, 0.05) is 13.2 Å². The van der Waals surface area contributed by atoms with Crippen molar-refractivity contribution in [3.63, 3.8) is 0 Å². The molecule has 0 aliphatic carbocycles. The summed E-state index contributed by atoms with van der Waals surface area (Å²) in [6.45, 7) is 3.68. The molecule has 1 atom stereocenters. The van der Waals surface area contributed by atoms with E-state index >= 15 is 0 Å². The molecule has 0 radical (unpaired) electrons. The summed E-state index contributed by atoms with van der Waals surface area (Å²) in [4.78, 5) is 22.5. The van der Waals surface area contributed by atoms with Crippen molar-refractivity contribution >= 4 is 12.1 Å². The van der Waals surface area contributed by atoms with Crippen LogP contribution < -0.4 is 5.32 Å². The number of carbonyl (C=O) groups is 2. The Balaban J connectivity index is 2.22. The Morgan fingerprint density at radius 1 is 1.25 bits per heavy atom. The van der Waals surface area contributed by atoms with Gasteiger partial charge >= 0.3 is 12.1 Å². The number of unbranched alkanes of at least 4 members (excludes halogenated alkanes) is 1. The molecule has 0 heterocycles. The molecule has 0 unspecified atom stereocenters. The van der Waals surface area contributed by atoms with Gasteiger partial charge in [-0.3, -0.25) is 4.79 Å². The van der Waals surface area contributed by atoms with Crippen LogP contribution in [0.2, 0.25) is 0 Å². The first-order chi connectivity index (χ1) is 11.6. The Hall–Kier alpha value is -2.08. The second kappa shape index (κ2) is 12.4. The van der Waals surface area contributed by atoms with E-state index in [0.29, 0.717) is 26.2 Å². The Labute approximate surface area is 143 Å². The summed E-state index contributed by atoms with van der Waals surface area (Å²) in [5.74, 6) is -0.973. The molecule has 2 N–H and O–H groups in total. The summed E-state index contributed by atoms with van der Waals surface area (Å²) >= 11 is 0. The maximum Gasteiger partial charge on any atom is 0.407 e. The summed E-state index contributed by atoms with van der Waals surface area (Å²) < 4.78 is 10.6. The third-order valence-electron chi connectivity index (χ3n) is 3.49. The fraction of sp³-hybridized carbons (Fsp3) is 0.556. The van der Waals surface area contributed by atoms with E-state index in [1.165, 1.54) is 0 Å². The highest BCUT2D eigenvalue weighted by Gasteiger charge is 2.14. The van der Waals surface area contributed by atoms with Gasteiger partial charge in [-0.2, -0.15) is 0 Å². The van der Waals surface area contributed by atoms with Crippen molar-refractivity contribution in [2.75, 3.05) is 19.8 Å².